The summed E-state index contributed by atoms with van der Waals surface area (Å²) in [4.78, 5) is 4.23. The van der Waals surface area contributed by atoms with E-state index in [-0.39, 0.29) is 19.0 Å². The smallest absolute Gasteiger partial charge is 0.0723 e. The van der Waals surface area contributed by atoms with Crippen LogP contribution in [-0.4, -0.2) is 23.2 Å². The molecule has 16 heavy (non-hydrogen) atoms. The highest BCUT2D eigenvalue weighted by Crippen LogP contribution is 2.24. The number of hydrogen-bond acceptors (Lipinski definition) is 3. The Labute approximate surface area is 105 Å². The van der Waals surface area contributed by atoms with Crippen molar-refractivity contribution in [3.63, 3.8) is 0 Å². The van der Waals surface area contributed by atoms with Gasteiger partial charge in [-0.15, -0.1) is 12.4 Å². The fourth-order valence-electron chi connectivity index (χ4n) is 1.46. The third-order valence-corrected chi connectivity index (χ3v) is 2.37. The van der Waals surface area contributed by atoms with Gasteiger partial charge in [0.25, 0.3) is 0 Å². The molecule has 0 spiro atoms. The van der Waals surface area contributed by atoms with Gasteiger partial charge in [-0.3, -0.25) is 4.98 Å². The number of nitrogens with one attached hydrogen (secondary N) is 1. The Kier molecular flexibility index (Phi) is 4.80. The Balaban J connectivity index is 0.00000128. The minimum atomic E-state index is 0. The molecule has 1 heterocycles. The largest absolute Gasteiger partial charge is 0.395 e. The number of pyridine rings is 1. The van der Waals surface area contributed by atoms with E-state index in [1.807, 2.05) is 24.3 Å². The number of hydrogen-bond donors (Lipinski definition) is 2. The molecule has 0 aliphatic rings. The number of aliphatic hydroxyl groups is 1. The number of aliphatic hydroxyl groups excluding tert-OH is 1. The maximum atomic E-state index is 8.75. The van der Waals surface area contributed by atoms with E-state index >= 15 is 0 Å². The van der Waals surface area contributed by atoms with Crippen LogP contribution in [0.4, 0.5) is 5.69 Å². The Bertz CT molecular complexity index is 476. The number of halogens is 2. The van der Waals surface area contributed by atoms with Crippen molar-refractivity contribution in [3.05, 3.63) is 35.5 Å². The second-order valence-corrected chi connectivity index (χ2v) is 3.61. The molecule has 0 saturated heterocycles. The zero-order valence-corrected chi connectivity index (χ0v) is 10.1. The van der Waals surface area contributed by atoms with Crippen LogP contribution in [0.3, 0.4) is 0 Å². The van der Waals surface area contributed by atoms with Gasteiger partial charge < -0.3 is 10.4 Å². The van der Waals surface area contributed by atoms with Crippen molar-refractivity contribution >= 4 is 40.6 Å². The van der Waals surface area contributed by atoms with Crippen LogP contribution >= 0.6 is 24.0 Å². The summed E-state index contributed by atoms with van der Waals surface area (Å²) in [6.07, 6.45) is 1.73. The molecule has 0 bridgehead atoms. The van der Waals surface area contributed by atoms with E-state index in [0.717, 1.165) is 16.6 Å². The predicted molar refractivity (Wildman–Crippen MR) is 69.6 cm³/mol. The molecular weight excluding hydrogens is 247 g/mol. The number of fused-ring (bicyclic) bond motifs is 1. The number of nitrogens with zero attached hydrogens (tertiary/aromatic N) is 1. The Morgan fingerprint density at radius 2 is 2.12 bits per heavy atom. The minimum Gasteiger partial charge on any atom is -0.395 e. The van der Waals surface area contributed by atoms with Crippen LogP contribution in [0.2, 0.25) is 5.02 Å². The fraction of sp³-hybridized carbons (Fsp3) is 0.182. The van der Waals surface area contributed by atoms with E-state index in [9.17, 15) is 0 Å². The maximum Gasteiger partial charge on any atom is 0.0723 e. The van der Waals surface area contributed by atoms with E-state index in [4.69, 9.17) is 16.7 Å². The summed E-state index contributed by atoms with van der Waals surface area (Å²) in [5, 5.41) is 13.5. The van der Waals surface area contributed by atoms with Crippen LogP contribution in [0.25, 0.3) is 10.9 Å². The molecule has 1 aromatic heterocycles. The molecule has 0 fully saturated rings. The monoisotopic (exact) mass is 258 g/mol. The predicted octanol–water partition coefficient (Wildman–Crippen LogP) is 2.71. The molecule has 3 nitrogen and oxygen atoms in total. The molecule has 2 aromatic rings. The van der Waals surface area contributed by atoms with E-state index in [1.165, 1.54) is 0 Å². The van der Waals surface area contributed by atoms with Gasteiger partial charge in [-0.25, -0.2) is 0 Å². The number of aromatic nitrogens is 1. The summed E-state index contributed by atoms with van der Waals surface area (Å²) in [6, 6.07) is 7.42. The molecule has 5 heteroatoms. The lowest BCUT2D eigenvalue weighted by molar-refractivity contribution is 0.311. The fourth-order valence-corrected chi connectivity index (χ4v) is 1.64. The molecule has 0 amide bonds. The number of benzene rings is 1. The molecule has 0 aliphatic heterocycles. The summed E-state index contributed by atoms with van der Waals surface area (Å²) in [6.45, 7) is 0.621. The molecule has 0 atom stereocenters. The van der Waals surface area contributed by atoms with Crippen molar-refractivity contribution in [3.8, 4) is 0 Å². The van der Waals surface area contributed by atoms with Gasteiger partial charge in [0.15, 0.2) is 0 Å². The van der Waals surface area contributed by atoms with Crippen LogP contribution in [-0.2, 0) is 0 Å². The topological polar surface area (TPSA) is 45.1 Å². The first-order valence-corrected chi connectivity index (χ1v) is 5.08. The Morgan fingerprint density at radius 1 is 1.31 bits per heavy atom. The number of anilines is 1. The molecule has 0 radical (unpaired) electrons. The highest BCUT2D eigenvalue weighted by atomic mass is 35.5. The van der Waals surface area contributed by atoms with Gasteiger partial charge in [-0.1, -0.05) is 11.6 Å². The second kappa shape index (κ2) is 5.89. The molecule has 2 rings (SSSR count). The van der Waals surface area contributed by atoms with Crippen LogP contribution in [0.1, 0.15) is 0 Å². The van der Waals surface area contributed by atoms with Crippen molar-refractivity contribution in [1.82, 2.24) is 4.98 Å². The van der Waals surface area contributed by atoms with Gasteiger partial charge in [0, 0.05) is 28.8 Å². The summed E-state index contributed by atoms with van der Waals surface area (Å²) < 4.78 is 0. The third kappa shape index (κ3) is 2.76. The molecule has 2 N–H and O–H groups in total. The van der Waals surface area contributed by atoms with Gasteiger partial charge in [0.1, 0.15) is 0 Å². The molecular formula is C11H12Cl2N2O. The van der Waals surface area contributed by atoms with E-state index in [2.05, 4.69) is 10.3 Å². The highest BCUT2D eigenvalue weighted by Gasteiger charge is 2.01. The van der Waals surface area contributed by atoms with Crippen molar-refractivity contribution < 1.29 is 5.11 Å². The lowest BCUT2D eigenvalue weighted by Gasteiger charge is -2.07. The third-order valence-electron chi connectivity index (χ3n) is 2.13. The minimum absolute atomic E-state index is 0. The second-order valence-electron chi connectivity index (χ2n) is 3.17. The van der Waals surface area contributed by atoms with Crippen LogP contribution in [0.15, 0.2) is 30.5 Å². The molecule has 1 aromatic carbocycles. The van der Waals surface area contributed by atoms with Crippen LogP contribution in [0, 0.1) is 0 Å². The lowest BCUT2D eigenvalue weighted by atomic mass is 10.2. The first-order chi connectivity index (χ1) is 7.31. The first kappa shape index (κ1) is 13.0. The molecule has 86 valence electrons. The number of rotatable bonds is 3. The average molecular weight is 259 g/mol. The van der Waals surface area contributed by atoms with E-state index in [1.54, 1.807) is 6.20 Å². The van der Waals surface area contributed by atoms with E-state index < -0.39 is 0 Å². The maximum absolute atomic E-state index is 8.75. The van der Waals surface area contributed by atoms with Gasteiger partial charge >= 0.3 is 0 Å². The quantitative estimate of drug-likeness (QED) is 0.890. The normalized spacial score (nSPS) is 9.88. The zero-order valence-electron chi connectivity index (χ0n) is 8.48. The Hall–Kier alpha value is -1.03. The van der Waals surface area contributed by atoms with Crippen molar-refractivity contribution in [2.24, 2.45) is 0 Å². The first-order valence-electron chi connectivity index (χ1n) is 4.70. The summed E-state index contributed by atoms with van der Waals surface area (Å²) in [5.74, 6) is 0. The van der Waals surface area contributed by atoms with Crippen molar-refractivity contribution in [2.45, 2.75) is 0 Å². The van der Waals surface area contributed by atoms with Crippen molar-refractivity contribution in [2.75, 3.05) is 18.5 Å². The van der Waals surface area contributed by atoms with Gasteiger partial charge in [0.05, 0.1) is 12.1 Å². The Morgan fingerprint density at radius 3 is 2.88 bits per heavy atom. The molecule has 0 aliphatic carbocycles. The van der Waals surface area contributed by atoms with Gasteiger partial charge in [-0.05, 0) is 24.3 Å². The standard InChI is InChI=1S/C11H11ClN2O.ClH/c12-8-1-2-10-9(7-8)11(3-4-13-10)14-5-6-15;/h1-4,7,15H,5-6H2,(H,13,14);1H. The summed E-state index contributed by atoms with van der Waals surface area (Å²) in [7, 11) is 0. The molecule has 0 unspecified atom stereocenters. The van der Waals surface area contributed by atoms with Gasteiger partial charge in [-0.2, -0.15) is 0 Å². The SMILES string of the molecule is Cl.OCCNc1ccnc2ccc(Cl)cc12. The van der Waals surface area contributed by atoms with Crippen molar-refractivity contribution in [1.29, 1.82) is 0 Å². The van der Waals surface area contributed by atoms with Gasteiger partial charge in [0.2, 0.25) is 0 Å². The zero-order chi connectivity index (χ0) is 10.7. The highest BCUT2D eigenvalue weighted by molar-refractivity contribution is 6.31. The lowest BCUT2D eigenvalue weighted by Crippen LogP contribution is -2.05. The average Bonchev–Trinajstić information content (AvgIpc) is 2.26. The van der Waals surface area contributed by atoms with E-state index in [0.29, 0.717) is 11.6 Å². The van der Waals surface area contributed by atoms with Crippen LogP contribution in [0.5, 0.6) is 0 Å². The van der Waals surface area contributed by atoms with Crippen LogP contribution < -0.4 is 5.32 Å². The summed E-state index contributed by atoms with van der Waals surface area (Å²) >= 11 is 5.92. The summed E-state index contributed by atoms with van der Waals surface area (Å²) in [5.41, 5.74) is 1.83. The molecule has 0 saturated carbocycles.